The predicted octanol–water partition coefficient (Wildman–Crippen LogP) is 5.59. The molecule has 0 spiro atoms. The zero-order valence-corrected chi connectivity index (χ0v) is 23.9. The Kier molecular flexibility index (Phi) is 6.82. The van der Waals surface area contributed by atoms with E-state index in [1.807, 2.05) is 41.5 Å². The molecule has 0 radical (unpaired) electrons. The quantitative estimate of drug-likeness (QED) is 0.348. The van der Waals surface area contributed by atoms with Crippen LogP contribution in [0.4, 0.5) is 0 Å². The van der Waals surface area contributed by atoms with Gasteiger partial charge in [0.05, 0.1) is 15.3 Å². The molecule has 0 aliphatic rings. The highest BCUT2D eigenvalue weighted by atomic mass is 32.2. The molecule has 0 atom stereocenters. The minimum Gasteiger partial charge on any atom is -0.268 e. The number of aromatic nitrogens is 1. The number of carbonyl (C=O) groups is 1. The number of nitrogens with zero attached hydrogens (tertiary/aromatic N) is 1. The molecule has 1 heterocycles. The Balaban J connectivity index is 1.64. The Bertz CT molecular complexity index is 1720. The smallest absolute Gasteiger partial charge is 0.268 e. The maximum absolute atomic E-state index is 13.4. The summed E-state index contributed by atoms with van der Waals surface area (Å²) in [6, 6.07) is 19.1. The van der Waals surface area contributed by atoms with Crippen molar-refractivity contribution in [3.05, 3.63) is 95.7 Å². The highest BCUT2D eigenvalue weighted by Gasteiger charge is 2.24. The Morgan fingerprint density at radius 3 is 1.68 bits per heavy atom. The first kappa shape index (κ1) is 27.6. The summed E-state index contributed by atoms with van der Waals surface area (Å²) in [6.07, 6.45) is 1.42. The standard InChI is InChI=1S/C29H32N2O5S2/c1-28(2,3)22-9-13-24(14-10-22)37(33,34)30-27(32)21-8-7-20-17-18-31(26(20)19-21)38(35,36)25-15-11-23(12-16-25)29(4,5)6/h7-19H,1-6H3,(H,30,32). The molecule has 0 unspecified atom stereocenters. The third-order valence-corrected chi connectivity index (χ3v) is 9.51. The van der Waals surface area contributed by atoms with Gasteiger partial charge in [-0.3, -0.25) is 4.79 Å². The molecule has 0 bridgehead atoms. The second-order valence-corrected chi connectivity index (χ2v) is 14.9. The second-order valence-electron chi connectivity index (χ2n) is 11.4. The minimum absolute atomic E-state index is 0.0191. The number of rotatable bonds is 5. The maximum Gasteiger partial charge on any atom is 0.268 e. The van der Waals surface area contributed by atoms with Crippen LogP contribution in [-0.2, 0) is 30.9 Å². The molecule has 0 aliphatic heterocycles. The highest BCUT2D eigenvalue weighted by Crippen LogP contribution is 2.27. The Labute approximate surface area is 224 Å². The Morgan fingerprint density at radius 1 is 0.684 bits per heavy atom. The fraction of sp³-hybridized carbons (Fsp3) is 0.276. The van der Waals surface area contributed by atoms with Gasteiger partial charge in [-0.05, 0) is 64.4 Å². The van der Waals surface area contributed by atoms with Crippen LogP contribution >= 0.6 is 0 Å². The van der Waals surface area contributed by atoms with Crippen LogP contribution in [0.1, 0.15) is 63.0 Å². The highest BCUT2D eigenvalue weighted by molar-refractivity contribution is 7.90. The van der Waals surface area contributed by atoms with Gasteiger partial charge in [-0.25, -0.2) is 25.5 Å². The Hall–Kier alpha value is -3.43. The van der Waals surface area contributed by atoms with Gasteiger partial charge in [-0.2, -0.15) is 0 Å². The molecule has 0 saturated heterocycles. The molecular formula is C29H32N2O5S2. The third-order valence-electron chi connectivity index (χ3n) is 6.45. The van der Waals surface area contributed by atoms with Crippen LogP contribution in [0.2, 0.25) is 0 Å². The summed E-state index contributed by atoms with van der Waals surface area (Å²) in [5.74, 6) is -0.855. The molecule has 3 aromatic carbocycles. The molecule has 9 heteroatoms. The first-order chi connectivity index (χ1) is 17.5. The van der Waals surface area contributed by atoms with E-state index in [2.05, 4.69) is 4.72 Å². The summed E-state index contributed by atoms with van der Waals surface area (Å²) in [7, 11) is -8.09. The van der Waals surface area contributed by atoms with E-state index in [9.17, 15) is 21.6 Å². The van der Waals surface area contributed by atoms with Crippen LogP contribution in [0, 0.1) is 0 Å². The number of fused-ring (bicyclic) bond motifs is 1. The van der Waals surface area contributed by atoms with Crippen LogP contribution in [0.15, 0.2) is 88.8 Å². The average Bonchev–Trinajstić information content (AvgIpc) is 3.27. The van der Waals surface area contributed by atoms with E-state index in [1.54, 1.807) is 48.5 Å². The summed E-state index contributed by atoms with van der Waals surface area (Å²) in [5, 5.41) is 0.595. The van der Waals surface area contributed by atoms with Crippen LogP contribution in [0.5, 0.6) is 0 Å². The second kappa shape index (κ2) is 9.39. The number of sulfonamides is 1. The van der Waals surface area contributed by atoms with Crippen molar-refractivity contribution in [3.63, 3.8) is 0 Å². The molecule has 1 aromatic heterocycles. The van der Waals surface area contributed by atoms with E-state index in [0.29, 0.717) is 5.39 Å². The number of nitrogens with one attached hydrogen (secondary N) is 1. The van der Waals surface area contributed by atoms with Gasteiger partial charge in [0.25, 0.3) is 26.0 Å². The van der Waals surface area contributed by atoms with Crippen molar-refractivity contribution in [3.8, 4) is 0 Å². The lowest BCUT2D eigenvalue weighted by Crippen LogP contribution is -2.30. The van der Waals surface area contributed by atoms with E-state index in [4.69, 9.17) is 0 Å². The van der Waals surface area contributed by atoms with Gasteiger partial charge in [-0.15, -0.1) is 0 Å². The van der Waals surface area contributed by atoms with Crippen molar-refractivity contribution in [1.29, 1.82) is 0 Å². The Morgan fingerprint density at radius 2 is 1.18 bits per heavy atom. The maximum atomic E-state index is 13.4. The van der Waals surface area contributed by atoms with Crippen LogP contribution in [0.3, 0.4) is 0 Å². The summed E-state index contributed by atoms with van der Waals surface area (Å²) < 4.78 is 55.8. The fourth-order valence-corrected chi connectivity index (χ4v) is 6.39. The molecular weight excluding hydrogens is 520 g/mol. The lowest BCUT2D eigenvalue weighted by Gasteiger charge is -2.19. The lowest BCUT2D eigenvalue weighted by molar-refractivity contribution is 0.0981. The molecule has 7 nitrogen and oxygen atoms in total. The fourth-order valence-electron chi connectivity index (χ4n) is 4.07. The number of amides is 1. The van der Waals surface area contributed by atoms with Crippen molar-refractivity contribution in [1.82, 2.24) is 8.69 Å². The predicted molar refractivity (Wildman–Crippen MR) is 149 cm³/mol. The van der Waals surface area contributed by atoms with Gasteiger partial charge in [0.2, 0.25) is 0 Å². The van der Waals surface area contributed by atoms with Crippen LogP contribution in [-0.4, -0.2) is 26.7 Å². The largest absolute Gasteiger partial charge is 0.268 e. The van der Waals surface area contributed by atoms with Crippen LogP contribution < -0.4 is 4.72 Å². The summed E-state index contributed by atoms with van der Waals surface area (Å²) in [6.45, 7) is 12.2. The average molecular weight is 553 g/mol. The summed E-state index contributed by atoms with van der Waals surface area (Å²) >= 11 is 0. The van der Waals surface area contributed by atoms with Gasteiger partial charge in [-0.1, -0.05) is 71.9 Å². The van der Waals surface area contributed by atoms with Crippen molar-refractivity contribution < 1.29 is 21.6 Å². The molecule has 4 aromatic rings. The lowest BCUT2D eigenvalue weighted by atomic mass is 9.87. The number of benzene rings is 3. The number of hydrogen-bond donors (Lipinski definition) is 1. The van der Waals surface area contributed by atoms with Gasteiger partial charge in [0.15, 0.2) is 0 Å². The summed E-state index contributed by atoms with van der Waals surface area (Å²) in [5.41, 5.74) is 1.98. The molecule has 38 heavy (non-hydrogen) atoms. The zero-order valence-electron chi connectivity index (χ0n) is 22.3. The minimum atomic E-state index is -4.13. The van der Waals surface area contributed by atoms with Gasteiger partial charge in [0, 0.05) is 17.1 Å². The van der Waals surface area contributed by atoms with Crippen LogP contribution in [0.25, 0.3) is 10.9 Å². The molecule has 1 amide bonds. The van der Waals surface area contributed by atoms with E-state index >= 15 is 0 Å². The molecule has 0 aliphatic carbocycles. The number of carbonyl (C=O) groups excluding carboxylic acids is 1. The van der Waals surface area contributed by atoms with E-state index < -0.39 is 26.0 Å². The van der Waals surface area contributed by atoms with E-state index in [0.717, 1.165) is 15.1 Å². The molecule has 1 N–H and O–H groups in total. The monoisotopic (exact) mass is 552 g/mol. The number of hydrogen-bond acceptors (Lipinski definition) is 5. The molecule has 4 rings (SSSR count). The first-order valence-electron chi connectivity index (χ1n) is 12.2. The molecule has 200 valence electrons. The third kappa shape index (κ3) is 5.39. The van der Waals surface area contributed by atoms with Crippen molar-refractivity contribution in [2.75, 3.05) is 0 Å². The SMILES string of the molecule is CC(C)(C)c1ccc(S(=O)(=O)NC(=O)c2ccc3ccn(S(=O)(=O)c4ccc(C(C)(C)C)cc4)c3c2)cc1. The topological polar surface area (TPSA) is 102 Å². The van der Waals surface area contributed by atoms with Gasteiger partial charge >= 0.3 is 0 Å². The van der Waals surface area contributed by atoms with Crippen molar-refractivity contribution in [2.24, 2.45) is 0 Å². The van der Waals surface area contributed by atoms with Crippen molar-refractivity contribution in [2.45, 2.75) is 62.2 Å². The molecule has 0 fully saturated rings. The molecule has 0 saturated carbocycles. The van der Waals surface area contributed by atoms with Crippen molar-refractivity contribution >= 4 is 36.9 Å². The van der Waals surface area contributed by atoms with E-state index in [-0.39, 0.29) is 31.7 Å². The first-order valence-corrected chi connectivity index (χ1v) is 15.1. The summed E-state index contributed by atoms with van der Waals surface area (Å²) in [4.78, 5) is 13.0. The normalized spacial score (nSPS) is 13.0. The van der Waals surface area contributed by atoms with Gasteiger partial charge < -0.3 is 0 Å². The zero-order chi connectivity index (χ0) is 28.1. The van der Waals surface area contributed by atoms with E-state index in [1.165, 1.54) is 30.5 Å². The van der Waals surface area contributed by atoms with Gasteiger partial charge in [0.1, 0.15) is 0 Å².